The molecular weight excluding hydrogens is 228 g/mol. The van der Waals surface area contributed by atoms with Gasteiger partial charge in [-0.2, -0.15) is 0 Å². The smallest absolute Gasteiger partial charge is 0.314 e. The van der Waals surface area contributed by atoms with Crippen molar-refractivity contribution in [1.29, 1.82) is 0 Å². The molecule has 0 aliphatic heterocycles. The molecule has 0 bridgehead atoms. The fraction of sp³-hybridized carbons (Fsp3) is 0.267. The minimum atomic E-state index is -0.791. The van der Waals surface area contributed by atoms with E-state index in [4.69, 9.17) is 4.42 Å². The van der Waals surface area contributed by atoms with E-state index in [2.05, 4.69) is 0 Å². The van der Waals surface area contributed by atoms with Gasteiger partial charge in [0.2, 0.25) is 0 Å². The Labute approximate surface area is 105 Å². The number of carboxylic acids is 1. The second-order valence-electron chi connectivity index (χ2n) is 4.85. The molecule has 18 heavy (non-hydrogen) atoms. The van der Waals surface area contributed by atoms with Crippen molar-refractivity contribution in [3.8, 4) is 0 Å². The molecule has 2 aromatic rings. The molecule has 1 N–H and O–H groups in total. The molecule has 0 radical (unpaired) electrons. The Balaban J connectivity index is 2.07. The van der Waals surface area contributed by atoms with Gasteiger partial charge in [-0.1, -0.05) is 24.3 Å². The van der Waals surface area contributed by atoms with Crippen LogP contribution in [-0.2, 0) is 23.1 Å². The van der Waals surface area contributed by atoms with Gasteiger partial charge in [-0.25, -0.2) is 0 Å². The van der Waals surface area contributed by atoms with E-state index in [1.54, 1.807) is 12.5 Å². The normalized spacial score (nSPS) is 21.8. The zero-order valence-electron chi connectivity index (χ0n) is 9.93. The third kappa shape index (κ3) is 1.55. The van der Waals surface area contributed by atoms with Gasteiger partial charge in [0.25, 0.3) is 0 Å². The van der Waals surface area contributed by atoms with Gasteiger partial charge in [0.15, 0.2) is 0 Å². The first-order valence-electron chi connectivity index (χ1n) is 6.05. The van der Waals surface area contributed by atoms with Crippen LogP contribution in [0, 0.1) is 0 Å². The fourth-order valence-corrected chi connectivity index (χ4v) is 2.91. The maximum atomic E-state index is 11.8. The first kappa shape index (κ1) is 11.1. The van der Waals surface area contributed by atoms with Crippen LogP contribution < -0.4 is 0 Å². The fourth-order valence-electron chi connectivity index (χ4n) is 2.91. The minimum absolute atomic E-state index is 0.496. The van der Waals surface area contributed by atoms with E-state index in [1.807, 2.05) is 30.3 Å². The topological polar surface area (TPSA) is 50.4 Å². The molecule has 1 aromatic heterocycles. The highest BCUT2D eigenvalue weighted by atomic mass is 16.4. The quantitative estimate of drug-likeness (QED) is 0.900. The summed E-state index contributed by atoms with van der Waals surface area (Å²) in [5.41, 5.74) is 2.26. The van der Waals surface area contributed by atoms with Crippen LogP contribution in [0.5, 0.6) is 0 Å². The van der Waals surface area contributed by atoms with Gasteiger partial charge < -0.3 is 9.52 Å². The van der Waals surface area contributed by atoms with Crippen LogP contribution in [0.2, 0.25) is 0 Å². The highest BCUT2D eigenvalue weighted by molar-refractivity contribution is 5.83. The summed E-state index contributed by atoms with van der Waals surface area (Å²) in [6.07, 6.45) is 5.21. The Morgan fingerprint density at radius 3 is 2.89 bits per heavy atom. The van der Waals surface area contributed by atoms with Gasteiger partial charge >= 0.3 is 5.97 Å². The van der Waals surface area contributed by atoms with Gasteiger partial charge in [0.05, 0.1) is 17.9 Å². The van der Waals surface area contributed by atoms with Crippen molar-refractivity contribution < 1.29 is 14.3 Å². The van der Waals surface area contributed by atoms with Crippen LogP contribution in [-0.4, -0.2) is 11.1 Å². The molecular formula is C15H14O3. The Morgan fingerprint density at radius 1 is 1.33 bits per heavy atom. The SMILES string of the molecule is O=C(O)C1(Cc2ccoc2)CCc2ccccc21. The highest BCUT2D eigenvalue weighted by Gasteiger charge is 2.45. The third-order valence-electron chi connectivity index (χ3n) is 3.85. The molecule has 3 nitrogen and oxygen atoms in total. The first-order valence-corrected chi connectivity index (χ1v) is 6.05. The molecule has 1 aliphatic carbocycles. The number of aryl methyl sites for hydroxylation is 1. The van der Waals surface area contributed by atoms with Crippen molar-refractivity contribution in [3.05, 3.63) is 59.5 Å². The number of hydrogen-bond donors (Lipinski definition) is 1. The zero-order chi connectivity index (χ0) is 12.6. The summed E-state index contributed by atoms with van der Waals surface area (Å²) in [6, 6.07) is 9.68. The van der Waals surface area contributed by atoms with Crippen molar-refractivity contribution >= 4 is 5.97 Å². The lowest BCUT2D eigenvalue weighted by Crippen LogP contribution is -2.35. The molecule has 1 atom stereocenters. The van der Waals surface area contributed by atoms with Gasteiger partial charge in [0.1, 0.15) is 0 Å². The molecule has 1 unspecified atom stereocenters. The Bertz CT molecular complexity index is 571. The Kier molecular flexibility index (Phi) is 2.47. The minimum Gasteiger partial charge on any atom is -0.481 e. The molecule has 0 spiro atoms. The lowest BCUT2D eigenvalue weighted by molar-refractivity contribution is -0.143. The number of benzene rings is 1. The number of hydrogen-bond acceptors (Lipinski definition) is 2. The molecule has 1 heterocycles. The largest absolute Gasteiger partial charge is 0.481 e. The van der Waals surface area contributed by atoms with E-state index in [0.29, 0.717) is 12.8 Å². The predicted molar refractivity (Wildman–Crippen MR) is 66.5 cm³/mol. The van der Waals surface area contributed by atoms with Crippen LogP contribution in [0.1, 0.15) is 23.1 Å². The van der Waals surface area contributed by atoms with Crippen LogP contribution in [0.3, 0.4) is 0 Å². The zero-order valence-corrected chi connectivity index (χ0v) is 9.93. The first-order chi connectivity index (χ1) is 8.72. The monoisotopic (exact) mass is 242 g/mol. The van der Waals surface area contributed by atoms with E-state index in [1.165, 1.54) is 0 Å². The molecule has 92 valence electrons. The Hall–Kier alpha value is -2.03. The summed E-state index contributed by atoms with van der Waals surface area (Å²) < 4.78 is 5.04. The van der Waals surface area contributed by atoms with E-state index in [-0.39, 0.29) is 0 Å². The summed E-state index contributed by atoms with van der Waals surface area (Å²) in [6.45, 7) is 0. The number of rotatable bonds is 3. The molecule has 0 amide bonds. The van der Waals surface area contributed by atoms with Crippen molar-refractivity contribution in [2.24, 2.45) is 0 Å². The molecule has 0 saturated carbocycles. The van der Waals surface area contributed by atoms with Crippen molar-refractivity contribution in [2.75, 3.05) is 0 Å². The second kappa shape index (κ2) is 4.02. The average molecular weight is 242 g/mol. The maximum absolute atomic E-state index is 11.8. The lowest BCUT2D eigenvalue weighted by atomic mass is 9.77. The van der Waals surface area contributed by atoms with E-state index < -0.39 is 11.4 Å². The summed E-state index contributed by atoms with van der Waals surface area (Å²) in [4.78, 5) is 11.8. The van der Waals surface area contributed by atoms with Crippen molar-refractivity contribution in [3.63, 3.8) is 0 Å². The van der Waals surface area contributed by atoms with E-state index in [9.17, 15) is 9.90 Å². The molecule has 0 fully saturated rings. The molecule has 3 heteroatoms. The van der Waals surface area contributed by atoms with E-state index in [0.717, 1.165) is 23.1 Å². The van der Waals surface area contributed by atoms with Crippen LogP contribution >= 0.6 is 0 Å². The van der Waals surface area contributed by atoms with Gasteiger partial charge in [-0.05, 0) is 42.0 Å². The number of carbonyl (C=O) groups is 1. The number of furan rings is 1. The molecule has 3 rings (SSSR count). The number of fused-ring (bicyclic) bond motifs is 1. The summed E-state index contributed by atoms with van der Waals surface area (Å²) in [5, 5.41) is 9.68. The summed E-state index contributed by atoms with van der Waals surface area (Å²) in [7, 11) is 0. The second-order valence-corrected chi connectivity index (χ2v) is 4.85. The lowest BCUT2D eigenvalue weighted by Gasteiger charge is -2.25. The van der Waals surface area contributed by atoms with Crippen LogP contribution in [0.25, 0.3) is 0 Å². The van der Waals surface area contributed by atoms with Gasteiger partial charge in [-0.3, -0.25) is 4.79 Å². The number of carboxylic acid groups (broad SMARTS) is 1. The summed E-state index contributed by atoms with van der Waals surface area (Å²) in [5.74, 6) is -0.742. The van der Waals surface area contributed by atoms with E-state index >= 15 is 0 Å². The highest BCUT2D eigenvalue weighted by Crippen LogP contribution is 2.41. The standard InChI is InChI=1S/C15H14O3/c16-14(17)15(9-11-6-8-18-10-11)7-5-12-3-1-2-4-13(12)15/h1-4,6,8,10H,5,7,9H2,(H,16,17). The molecule has 1 aliphatic rings. The van der Waals surface area contributed by atoms with Gasteiger partial charge in [-0.15, -0.1) is 0 Å². The Morgan fingerprint density at radius 2 is 2.17 bits per heavy atom. The van der Waals surface area contributed by atoms with Crippen molar-refractivity contribution in [1.82, 2.24) is 0 Å². The maximum Gasteiger partial charge on any atom is 0.314 e. The number of aliphatic carboxylic acids is 1. The molecule has 0 saturated heterocycles. The average Bonchev–Trinajstić information content (AvgIpc) is 2.99. The third-order valence-corrected chi connectivity index (χ3v) is 3.85. The predicted octanol–water partition coefficient (Wildman–Crippen LogP) is 2.79. The van der Waals surface area contributed by atoms with Crippen molar-refractivity contribution in [2.45, 2.75) is 24.7 Å². The van der Waals surface area contributed by atoms with Crippen LogP contribution in [0.4, 0.5) is 0 Å². The van der Waals surface area contributed by atoms with Gasteiger partial charge in [0, 0.05) is 0 Å². The summed E-state index contributed by atoms with van der Waals surface area (Å²) >= 11 is 0. The van der Waals surface area contributed by atoms with Crippen LogP contribution in [0.15, 0.2) is 47.3 Å². The molecule has 1 aromatic carbocycles.